The van der Waals surface area contributed by atoms with E-state index in [2.05, 4.69) is 62.3 Å². The molecule has 0 bridgehead atoms. The minimum atomic E-state index is -1.41. The van der Waals surface area contributed by atoms with Crippen molar-refractivity contribution in [2.75, 3.05) is 13.1 Å². The number of aromatic amines is 2. The summed E-state index contributed by atoms with van der Waals surface area (Å²) in [5.74, 6) is -9.04. The van der Waals surface area contributed by atoms with E-state index in [0.29, 0.717) is 23.2 Å². The topological polar surface area (TPSA) is 456 Å². The molecule has 8 atom stereocenters. The summed E-state index contributed by atoms with van der Waals surface area (Å²) in [5, 5.41) is 45.2. The molecular weight excluding hydrogens is 1030 g/mol. The molecule has 8 amide bonds. The fourth-order valence-electron chi connectivity index (χ4n) is 8.34. The third-order valence-corrected chi connectivity index (χ3v) is 12.5. The van der Waals surface area contributed by atoms with Crippen molar-refractivity contribution in [3.63, 3.8) is 0 Å². The van der Waals surface area contributed by atoms with Gasteiger partial charge in [-0.3, -0.25) is 43.3 Å². The molecule has 5 rings (SSSR count). The Morgan fingerprint density at radius 1 is 0.709 bits per heavy atom. The molecule has 0 saturated carbocycles. The summed E-state index contributed by atoms with van der Waals surface area (Å²) in [6, 6.07) is 4.17. The first-order valence-electron chi connectivity index (χ1n) is 25.6. The van der Waals surface area contributed by atoms with Gasteiger partial charge in [-0.25, -0.2) is 9.78 Å². The number of rotatable bonds is 28. The molecule has 1 aliphatic rings. The van der Waals surface area contributed by atoms with Crippen LogP contribution in [0.5, 0.6) is 5.75 Å². The van der Waals surface area contributed by atoms with Gasteiger partial charge in [0.2, 0.25) is 47.3 Å². The fraction of sp³-hybridized carbons (Fsp3) is 0.471. The number of guanidine groups is 1. The number of phenolic OH excluding ortho intramolecular Hbond substituents is 1. The number of imidazole rings is 1. The number of hydrogen-bond donors (Lipinski definition) is 14. The molecule has 0 aliphatic carbocycles. The Bertz CT molecular complexity index is 2630. The number of aromatic hydroxyl groups is 1. The van der Waals surface area contributed by atoms with Crippen molar-refractivity contribution in [2.45, 2.75) is 127 Å². The van der Waals surface area contributed by atoms with Gasteiger partial charge in [0.05, 0.1) is 31.2 Å². The van der Waals surface area contributed by atoms with E-state index in [-0.39, 0.29) is 63.3 Å². The molecule has 28 heteroatoms. The standard InChI is InChI=1S/C49H70N14O11.C2H3N3/c1-26(2)39(61-42(67)33(12-8-18-55-49(52)53)57-41(66)32(50)23-38(51)65)45(70)58-34(20-29-14-16-31(64)17-15-29)43(68)62-40(27(3)4)46(71)59-35(22-30-24-54-25-56-30)47(72)63-19-9-13-37(63)44(69)60-36(48(73)74)21-28-10-6-5-7-11-28;1-2-4-5-3-1/h5-7,10-11,14-17,24-27,32-37,39-40,64H,8-9,12-13,18-23,50H2,1-4H3,(H2,51,65)(H,54,56)(H,57,66)(H,58,70)(H,59,71)(H,60,69)(H,61,67)(H,62,68)(H,73,74)(H4,52,53,55);1-2H,(H,3,4,5)/t32-,33-,34-,35-,36-,37-,39-,40-;/m0./s1. The lowest BCUT2D eigenvalue weighted by atomic mass is 9.98. The molecule has 1 fully saturated rings. The minimum Gasteiger partial charge on any atom is -0.508 e. The predicted molar refractivity (Wildman–Crippen MR) is 286 cm³/mol. The molecular formula is C51H73N17O11. The van der Waals surface area contributed by atoms with Gasteiger partial charge >= 0.3 is 5.97 Å². The number of nitrogens with one attached hydrogen (secondary N) is 8. The second-order valence-corrected chi connectivity index (χ2v) is 19.5. The van der Waals surface area contributed by atoms with Gasteiger partial charge in [-0.1, -0.05) is 70.2 Å². The monoisotopic (exact) mass is 1100 g/mol. The van der Waals surface area contributed by atoms with Gasteiger partial charge in [0.15, 0.2) is 5.96 Å². The Balaban J connectivity index is 0.00000254. The number of likely N-dealkylation sites (tertiary alicyclic amines) is 1. The van der Waals surface area contributed by atoms with Gasteiger partial charge in [0, 0.05) is 44.2 Å². The molecule has 2 aromatic carbocycles. The number of nitrogens with two attached hydrogens (primary N) is 4. The number of hydrogen-bond acceptors (Lipinski definition) is 15. The summed E-state index contributed by atoms with van der Waals surface area (Å²) in [6.45, 7) is 6.77. The van der Waals surface area contributed by atoms with Crippen LogP contribution in [0.3, 0.4) is 0 Å². The van der Waals surface area contributed by atoms with E-state index in [9.17, 15) is 53.4 Å². The Morgan fingerprint density at radius 3 is 1.81 bits per heavy atom. The Kier molecular flexibility index (Phi) is 24.8. The van der Waals surface area contributed by atoms with Gasteiger partial charge in [0.25, 0.3) is 0 Å². The highest BCUT2D eigenvalue weighted by Gasteiger charge is 2.41. The van der Waals surface area contributed by atoms with Crippen LogP contribution in [0.4, 0.5) is 0 Å². The zero-order valence-electron chi connectivity index (χ0n) is 44.5. The van der Waals surface area contributed by atoms with Gasteiger partial charge in [-0.15, -0.1) is 0 Å². The van der Waals surface area contributed by atoms with Crippen LogP contribution in [0.1, 0.15) is 76.6 Å². The summed E-state index contributed by atoms with van der Waals surface area (Å²) in [5.41, 5.74) is 23.5. The number of benzene rings is 2. The summed E-state index contributed by atoms with van der Waals surface area (Å²) in [6.07, 6.45) is 6.03. The van der Waals surface area contributed by atoms with Crippen LogP contribution < -0.4 is 54.8 Å². The normalized spacial score (nSPS) is 15.5. The Labute approximate surface area is 455 Å². The number of amides is 8. The maximum atomic E-state index is 14.5. The van der Waals surface area contributed by atoms with E-state index in [0.717, 1.165) is 0 Å². The number of carboxylic acids is 1. The molecule has 18 N–H and O–H groups in total. The van der Waals surface area contributed by atoms with Crippen molar-refractivity contribution in [3.8, 4) is 5.75 Å². The largest absolute Gasteiger partial charge is 0.508 e. The van der Waals surface area contributed by atoms with E-state index in [1.807, 2.05) is 0 Å². The maximum Gasteiger partial charge on any atom is 0.326 e. The van der Waals surface area contributed by atoms with E-state index >= 15 is 0 Å². The number of aliphatic carboxylic acids is 1. The van der Waals surface area contributed by atoms with Crippen LogP contribution in [0, 0.1) is 11.8 Å². The van der Waals surface area contributed by atoms with E-state index in [1.54, 1.807) is 70.4 Å². The van der Waals surface area contributed by atoms with Crippen molar-refractivity contribution in [1.29, 1.82) is 0 Å². The number of aromatic nitrogens is 5. The SMILES string of the molecule is CC(C)[C@H](NC(=O)[C@H](CCCN=C(N)N)NC(=O)[C@@H](N)CC(N)=O)C(=O)N[C@@H](Cc1ccc(O)cc1)C(=O)N[C@H](C(=O)N[C@@H](Cc1cnc[nH]1)C(=O)N1CCC[C@H]1C(=O)N[C@@H](Cc1ccccc1)C(=O)O)C(C)C.c1cn[nH]n1. The molecule has 0 unspecified atom stereocenters. The van der Waals surface area contributed by atoms with Gasteiger partial charge in [-0.05, 0) is 60.8 Å². The highest BCUT2D eigenvalue weighted by atomic mass is 16.4. The van der Waals surface area contributed by atoms with Gasteiger partial charge in [-0.2, -0.15) is 15.4 Å². The molecule has 428 valence electrons. The van der Waals surface area contributed by atoms with Crippen molar-refractivity contribution in [2.24, 2.45) is 39.8 Å². The number of primary amides is 1. The minimum absolute atomic E-state index is 0.000444. The number of nitrogens with zero attached hydrogens (tertiary/aromatic N) is 5. The first-order chi connectivity index (χ1) is 37.5. The average Bonchev–Trinajstić information content (AvgIpc) is 4.25. The number of phenols is 1. The summed E-state index contributed by atoms with van der Waals surface area (Å²) >= 11 is 0. The third-order valence-electron chi connectivity index (χ3n) is 12.5. The molecule has 3 heterocycles. The molecule has 1 saturated heterocycles. The molecule has 0 radical (unpaired) electrons. The number of carbonyl (C=O) groups excluding carboxylic acids is 8. The number of carbonyl (C=O) groups is 9. The molecule has 2 aromatic heterocycles. The fourth-order valence-corrected chi connectivity index (χ4v) is 8.34. The summed E-state index contributed by atoms with van der Waals surface area (Å²) in [4.78, 5) is 134. The van der Waals surface area contributed by atoms with E-state index in [1.165, 1.54) is 41.7 Å². The third kappa shape index (κ3) is 20.8. The highest BCUT2D eigenvalue weighted by molar-refractivity contribution is 5.98. The quantitative estimate of drug-likeness (QED) is 0.0159. The van der Waals surface area contributed by atoms with E-state index < -0.39 is 120 Å². The number of carboxylic acid groups (broad SMARTS) is 1. The van der Waals surface area contributed by atoms with Gasteiger partial charge < -0.3 is 74.9 Å². The summed E-state index contributed by atoms with van der Waals surface area (Å²) < 4.78 is 0. The van der Waals surface area contributed by atoms with Crippen molar-refractivity contribution >= 4 is 59.2 Å². The van der Waals surface area contributed by atoms with Crippen LogP contribution in [0.2, 0.25) is 0 Å². The molecule has 1 aliphatic heterocycles. The lowest BCUT2D eigenvalue weighted by Crippen LogP contribution is -2.62. The first kappa shape index (κ1) is 62.6. The Hall–Kier alpha value is -8.95. The van der Waals surface area contributed by atoms with Gasteiger partial charge in [0.1, 0.15) is 48.0 Å². The number of H-pyrrole nitrogens is 2. The molecule has 4 aromatic rings. The van der Waals surface area contributed by atoms with Crippen LogP contribution in [-0.4, -0.2) is 161 Å². The average molecular weight is 1100 g/mol. The molecule has 0 spiro atoms. The first-order valence-corrected chi connectivity index (χ1v) is 25.6. The second kappa shape index (κ2) is 31.3. The highest BCUT2D eigenvalue weighted by Crippen LogP contribution is 2.21. The zero-order chi connectivity index (χ0) is 58.2. The number of aliphatic imine (C=N–C) groups is 1. The lowest BCUT2D eigenvalue weighted by molar-refractivity contribution is -0.145. The maximum absolute atomic E-state index is 14.5. The summed E-state index contributed by atoms with van der Waals surface area (Å²) in [7, 11) is 0. The Morgan fingerprint density at radius 2 is 1.28 bits per heavy atom. The predicted octanol–water partition coefficient (Wildman–Crippen LogP) is -2.50. The van der Waals surface area contributed by atoms with Crippen LogP contribution in [0.25, 0.3) is 0 Å². The van der Waals surface area contributed by atoms with Crippen molar-refractivity contribution in [3.05, 3.63) is 96.3 Å². The molecule has 28 nitrogen and oxygen atoms in total. The second-order valence-electron chi connectivity index (χ2n) is 19.5. The van der Waals surface area contributed by atoms with Crippen molar-refractivity contribution < 1.29 is 53.4 Å². The van der Waals surface area contributed by atoms with Crippen LogP contribution in [0.15, 0.2) is 84.5 Å². The smallest absolute Gasteiger partial charge is 0.326 e. The van der Waals surface area contributed by atoms with Crippen molar-refractivity contribution in [1.82, 2.24) is 62.2 Å². The lowest BCUT2D eigenvalue weighted by Gasteiger charge is -2.31. The van der Waals surface area contributed by atoms with Crippen LogP contribution >= 0.6 is 0 Å². The zero-order valence-corrected chi connectivity index (χ0v) is 44.5. The van der Waals surface area contributed by atoms with E-state index in [4.69, 9.17) is 22.9 Å². The molecule has 79 heavy (non-hydrogen) atoms. The van der Waals surface area contributed by atoms with Crippen LogP contribution in [-0.2, 0) is 62.4 Å².